The predicted molar refractivity (Wildman–Crippen MR) is 86.2 cm³/mol. The Morgan fingerprint density at radius 3 is 2.30 bits per heavy atom. The minimum absolute atomic E-state index is 1.05. The van der Waals surface area contributed by atoms with Gasteiger partial charge in [0, 0.05) is 36.4 Å². The first-order valence-corrected chi connectivity index (χ1v) is 6.79. The molecule has 0 saturated carbocycles. The molecule has 20 heavy (non-hydrogen) atoms. The fourth-order valence-electron chi connectivity index (χ4n) is 2.44. The van der Waals surface area contributed by atoms with Crippen LogP contribution in [0.25, 0.3) is 22.0 Å². The lowest BCUT2D eigenvalue weighted by molar-refractivity contribution is 1.13. The number of rotatable bonds is 2. The van der Waals surface area contributed by atoms with Gasteiger partial charge in [0.2, 0.25) is 0 Å². The van der Waals surface area contributed by atoms with Gasteiger partial charge < -0.3 is 4.90 Å². The monoisotopic (exact) mass is 262 g/mol. The molecule has 0 aliphatic carbocycles. The minimum Gasteiger partial charge on any atom is -0.378 e. The highest BCUT2D eigenvalue weighted by atomic mass is 15.1. The molecule has 0 bridgehead atoms. The molecule has 0 N–H and O–H groups in total. The van der Waals surface area contributed by atoms with Gasteiger partial charge in [-0.25, -0.2) is 0 Å². The van der Waals surface area contributed by atoms with Gasteiger partial charge in [0.25, 0.3) is 0 Å². The molecule has 100 valence electrons. The molecule has 0 spiro atoms. The molecule has 1 aromatic heterocycles. The topological polar surface area (TPSA) is 16.1 Å². The Morgan fingerprint density at radius 2 is 1.60 bits per heavy atom. The van der Waals surface area contributed by atoms with Crippen LogP contribution in [0.5, 0.6) is 0 Å². The zero-order chi connectivity index (χ0) is 14.1. The third kappa shape index (κ3) is 2.25. The average molecular weight is 262 g/mol. The first-order valence-electron chi connectivity index (χ1n) is 6.79. The molecule has 0 unspecified atom stereocenters. The van der Waals surface area contributed by atoms with Crippen LogP contribution in [0.2, 0.25) is 0 Å². The van der Waals surface area contributed by atoms with E-state index in [1.807, 2.05) is 6.07 Å². The van der Waals surface area contributed by atoms with Crippen LogP contribution in [-0.4, -0.2) is 19.1 Å². The summed E-state index contributed by atoms with van der Waals surface area (Å²) in [4.78, 5) is 6.81. The van der Waals surface area contributed by atoms with E-state index in [1.54, 1.807) is 0 Å². The molecule has 3 rings (SSSR count). The normalized spacial score (nSPS) is 10.8. The second-order valence-electron chi connectivity index (χ2n) is 5.26. The number of pyridine rings is 1. The summed E-state index contributed by atoms with van der Waals surface area (Å²) in [6.07, 6.45) is 0. The molecule has 2 nitrogen and oxygen atoms in total. The molecule has 0 atom stereocenters. The maximum atomic E-state index is 4.70. The van der Waals surface area contributed by atoms with Gasteiger partial charge in [-0.15, -0.1) is 0 Å². The molecule has 2 aromatic carbocycles. The van der Waals surface area contributed by atoms with Crippen molar-refractivity contribution in [3.63, 3.8) is 0 Å². The summed E-state index contributed by atoms with van der Waals surface area (Å²) in [5, 5.41) is 1.18. The number of aromatic nitrogens is 1. The van der Waals surface area contributed by atoms with E-state index in [1.165, 1.54) is 22.2 Å². The van der Waals surface area contributed by atoms with E-state index in [4.69, 9.17) is 4.98 Å². The lowest BCUT2D eigenvalue weighted by atomic mass is 10.0. The Kier molecular flexibility index (Phi) is 3.15. The molecule has 2 heteroatoms. The second-order valence-corrected chi connectivity index (χ2v) is 5.26. The van der Waals surface area contributed by atoms with E-state index >= 15 is 0 Å². The Morgan fingerprint density at radius 1 is 0.900 bits per heavy atom. The van der Waals surface area contributed by atoms with Crippen LogP contribution in [-0.2, 0) is 0 Å². The summed E-state index contributed by atoms with van der Waals surface area (Å²) in [7, 11) is 4.11. The van der Waals surface area contributed by atoms with Crippen LogP contribution < -0.4 is 4.90 Å². The molecule has 0 fully saturated rings. The van der Waals surface area contributed by atoms with Crippen LogP contribution in [0.1, 0.15) is 5.69 Å². The molecule has 0 amide bonds. The maximum Gasteiger partial charge on any atom is 0.0705 e. The van der Waals surface area contributed by atoms with Gasteiger partial charge in [0.05, 0.1) is 5.52 Å². The molecule has 1 heterocycles. The van der Waals surface area contributed by atoms with E-state index in [-0.39, 0.29) is 0 Å². The third-order valence-electron chi connectivity index (χ3n) is 3.61. The lowest BCUT2D eigenvalue weighted by Gasteiger charge is -2.13. The highest BCUT2D eigenvalue weighted by Crippen LogP contribution is 2.27. The summed E-state index contributed by atoms with van der Waals surface area (Å²) in [5.74, 6) is 0. The fraction of sp³-hybridized carbons (Fsp3) is 0.167. The molecule has 0 radical (unpaired) electrons. The van der Waals surface area contributed by atoms with Crippen molar-refractivity contribution >= 4 is 16.6 Å². The van der Waals surface area contributed by atoms with E-state index < -0.39 is 0 Å². The summed E-state index contributed by atoms with van der Waals surface area (Å²) in [5.41, 5.74) is 5.75. The third-order valence-corrected chi connectivity index (χ3v) is 3.61. The number of para-hydroxylation sites is 1. The SMILES string of the molecule is Cc1nc2ccccc2cc1-c1ccc(N(C)C)cc1. The lowest BCUT2D eigenvalue weighted by Crippen LogP contribution is -2.07. The molecular weight excluding hydrogens is 244 g/mol. The Balaban J connectivity index is 2.11. The van der Waals surface area contributed by atoms with Gasteiger partial charge in [-0.1, -0.05) is 30.3 Å². The summed E-state index contributed by atoms with van der Waals surface area (Å²) in [6, 6.07) is 19.1. The smallest absolute Gasteiger partial charge is 0.0705 e. The molecular formula is C18H18N2. The van der Waals surface area contributed by atoms with Gasteiger partial charge >= 0.3 is 0 Å². The number of anilines is 1. The molecule has 0 aliphatic heterocycles. The first-order chi connectivity index (χ1) is 9.65. The van der Waals surface area contributed by atoms with Gasteiger partial charge in [0.15, 0.2) is 0 Å². The van der Waals surface area contributed by atoms with Crippen LogP contribution in [0.15, 0.2) is 54.6 Å². The fourth-order valence-corrected chi connectivity index (χ4v) is 2.44. The quantitative estimate of drug-likeness (QED) is 0.685. The zero-order valence-corrected chi connectivity index (χ0v) is 12.1. The van der Waals surface area contributed by atoms with E-state index in [9.17, 15) is 0 Å². The molecule has 0 aliphatic rings. The van der Waals surface area contributed by atoms with Crippen molar-refractivity contribution in [3.05, 3.63) is 60.3 Å². The minimum atomic E-state index is 1.05. The standard InChI is InChI=1S/C18H18N2/c1-13-17(12-15-6-4-5-7-18(15)19-13)14-8-10-16(11-9-14)20(2)3/h4-12H,1-3H3. The van der Waals surface area contributed by atoms with Crippen LogP contribution in [0, 0.1) is 6.92 Å². The highest BCUT2D eigenvalue weighted by molar-refractivity contribution is 5.85. The van der Waals surface area contributed by atoms with Crippen molar-refractivity contribution in [2.24, 2.45) is 0 Å². The number of aryl methyl sites for hydroxylation is 1. The van der Waals surface area contributed by atoms with Crippen LogP contribution in [0.3, 0.4) is 0 Å². The van der Waals surface area contributed by atoms with Gasteiger partial charge in [-0.2, -0.15) is 0 Å². The maximum absolute atomic E-state index is 4.70. The number of nitrogens with zero attached hydrogens (tertiary/aromatic N) is 2. The Hall–Kier alpha value is -2.35. The van der Waals surface area contributed by atoms with E-state index in [0.717, 1.165) is 11.2 Å². The van der Waals surface area contributed by atoms with Gasteiger partial charge in [-0.3, -0.25) is 4.98 Å². The predicted octanol–water partition coefficient (Wildman–Crippen LogP) is 4.28. The summed E-state index contributed by atoms with van der Waals surface area (Å²) in [6.45, 7) is 2.07. The number of fused-ring (bicyclic) bond motifs is 1. The number of benzene rings is 2. The van der Waals surface area contributed by atoms with E-state index in [2.05, 4.69) is 74.4 Å². The summed E-state index contributed by atoms with van der Waals surface area (Å²) >= 11 is 0. The van der Waals surface area contributed by atoms with Crippen molar-refractivity contribution in [1.29, 1.82) is 0 Å². The van der Waals surface area contributed by atoms with Crippen molar-refractivity contribution in [1.82, 2.24) is 4.98 Å². The largest absolute Gasteiger partial charge is 0.378 e. The first kappa shape index (κ1) is 12.7. The van der Waals surface area contributed by atoms with Crippen molar-refractivity contribution in [3.8, 4) is 11.1 Å². The van der Waals surface area contributed by atoms with Crippen molar-refractivity contribution < 1.29 is 0 Å². The van der Waals surface area contributed by atoms with Gasteiger partial charge in [0.1, 0.15) is 0 Å². The number of hydrogen-bond donors (Lipinski definition) is 0. The van der Waals surface area contributed by atoms with E-state index in [0.29, 0.717) is 0 Å². The summed E-state index contributed by atoms with van der Waals surface area (Å²) < 4.78 is 0. The molecule has 0 saturated heterocycles. The van der Waals surface area contributed by atoms with Gasteiger partial charge in [-0.05, 0) is 36.8 Å². The highest BCUT2D eigenvalue weighted by Gasteiger charge is 2.06. The number of hydrogen-bond acceptors (Lipinski definition) is 2. The van der Waals surface area contributed by atoms with Crippen molar-refractivity contribution in [2.45, 2.75) is 6.92 Å². The van der Waals surface area contributed by atoms with Crippen molar-refractivity contribution in [2.75, 3.05) is 19.0 Å². The average Bonchev–Trinajstić information content (AvgIpc) is 2.46. The van der Waals surface area contributed by atoms with Crippen LogP contribution >= 0.6 is 0 Å². The Bertz CT molecular complexity index is 743. The Labute approximate surface area is 119 Å². The van der Waals surface area contributed by atoms with Crippen LogP contribution in [0.4, 0.5) is 5.69 Å². The zero-order valence-electron chi connectivity index (χ0n) is 12.1. The molecule has 3 aromatic rings. The second kappa shape index (κ2) is 4.97.